The molecule has 0 aliphatic carbocycles. The number of nitrogens with zero attached hydrogens (tertiary/aromatic N) is 3. The number of benzene rings is 1. The molecule has 1 atom stereocenters. The molecule has 1 aliphatic heterocycles. The van der Waals surface area contributed by atoms with Gasteiger partial charge in [0.25, 0.3) is 10.0 Å². The van der Waals surface area contributed by atoms with Crippen molar-refractivity contribution in [3.05, 3.63) is 30.6 Å². The molecular formula is C12H14FN5O2S2. The number of anilines is 2. The summed E-state index contributed by atoms with van der Waals surface area (Å²) in [5.74, 6) is 0. The van der Waals surface area contributed by atoms with E-state index in [4.69, 9.17) is 0 Å². The molecule has 1 aromatic heterocycles. The van der Waals surface area contributed by atoms with Crippen molar-refractivity contribution in [1.29, 1.82) is 0 Å². The molecule has 0 spiro atoms. The summed E-state index contributed by atoms with van der Waals surface area (Å²) in [6.45, 7) is 1.48. The van der Waals surface area contributed by atoms with Crippen LogP contribution in [0.25, 0.3) is 0 Å². The first-order valence-corrected chi connectivity index (χ1v) is 8.82. The van der Waals surface area contributed by atoms with Crippen molar-refractivity contribution < 1.29 is 12.8 Å². The zero-order valence-electron chi connectivity index (χ0n) is 11.4. The van der Waals surface area contributed by atoms with Crippen molar-refractivity contribution in [2.75, 3.05) is 29.3 Å². The summed E-state index contributed by atoms with van der Waals surface area (Å²) in [6.07, 6.45) is 0.208. The Morgan fingerprint density at radius 3 is 2.77 bits per heavy atom. The van der Waals surface area contributed by atoms with Gasteiger partial charge in [0.1, 0.15) is 6.33 Å². The molecule has 0 bridgehead atoms. The lowest BCUT2D eigenvalue weighted by atomic mass is 10.2. The van der Waals surface area contributed by atoms with Gasteiger partial charge in [-0.2, -0.15) is 4.37 Å². The van der Waals surface area contributed by atoms with Crippen LogP contribution in [0.4, 0.5) is 15.2 Å². The molecule has 2 heterocycles. The average Bonchev–Trinajstić information content (AvgIpc) is 2.99. The smallest absolute Gasteiger partial charge is 0.263 e. The van der Waals surface area contributed by atoms with Gasteiger partial charge in [0.2, 0.25) is 5.13 Å². The first kappa shape index (κ1) is 15.1. The molecule has 1 fully saturated rings. The lowest BCUT2D eigenvalue weighted by molar-refractivity contribution is 0.256. The van der Waals surface area contributed by atoms with Crippen LogP contribution in [-0.2, 0) is 10.0 Å². The molecule has 22 heavy (non-hydrogen) atoms. The van der Waals surface area contributed by atoms with Crippen LogP contribution in [0, 0.1) is 0 Å². The Hall–Kier alpha value is -1.78. The van der Waals surface area contributed by atoms with E-state index in [2.05, 4.69) is 19.4 Å². The van der Waals surface area contributed by atoms with Crippen LogP contribution in [0.2, 0.25) is 0 Å². The molecule has 0 unspecified atom stereocenters. The van der Waals surface area contributed by atoms with E-state index < -0.39 is 16.3 Å². The lowest BCUT2D eigenvalue weighted by Crippen LogP contribution is -2.48. The molecule has 10 heteroatoms. The van der Waals surface area contributed by atoms with Gasteiger partial charge in [0.15, 0.2) is 6.30 Å². The number of halogens is 1. The van der Waals surface area contributed by atoms with E-state index in [1.165, 1.54) is 18.5 Å². The van der Waals surface area contributed by atoms with Crippen molar-refractivity contribution in [2.24, 2.45) is 0 Å². The summed E-state index contributed by atoms with van der Waals surface area (Å²) >= 11 is 0.962. The third kappa shape index (κ3) is 3.34. The van der Waals surface area contributed by atoms with Gasteiger partial charge in [-0.25, -0.2) is 17.8 Å². The molecule has 1 saturated heterocycles. The molecule has 2 aromatic rings. The second-order valence-corrected chi connectivity index (χ2v) is 7.18. The van der Waals surface area contributed by atoms with E-state index in [-0.39, 0.29) is 16.6 Å². The minimum Gasteiger partial charge on any atom is -0.366 e. The molecule has 1 aliphatic rings. The summed E-state index contributed by atoms with van der Waals surface area (Å²) in [5.41, 5.74) is 0.791. The predicted molar refractivity (Wildman–Crippen MR) is 82.3 cm³/mol. The van der Waals surface area contributed by atoms with E-state index in [9.17, 15) is 12.8 Å². The maximum absolute atomic E-state index is 13.3. The van der Waals surface area contributed by atoms with Gasteiger partial charge < -0.3 is 4.90 Å². The van der Waals surface area contributed by atoms with Gasteiger partial charge in [-0.05, 0) is 24.3 Å². The number of sulfonamides is 1. The molecule has 118 valence electrons. The highest BCUT2D eigenvalue weighted by Gasteiger charge is 2.20. The monoisotopic (exact) mass is 343 g/mol. The van der Waals surface area contributed by atoms with Gasteiger partial charge >= 0.3 is 0 Å². The highest BCUT2D eigenvalue weighted by molar-refractivity contribution is 7.93. The summed E-state index contributed by atoms with van der Waals surface area (Å²) in [5, 5.41) is 2.93. The SMILES string of the molecule is O=S(=O)(Nc1ncns1)c1ccc(N2CCN[C@H](F)C2)cc1. The maximum Gasteiger partial charge on any atom is 0.263 e. The summed E-state index contributed by atoms with van der Waals surface area (Å²) in [4.78, 5) is 5.78. The molecule has 0 saturated carbocycles. The van der Waals surface area contributed by atoms with Gasteiger partial charge in [-0.15, -0.1) is 0 Å². The zero-order valence-corrected chi connectivity index (χ0v) is 13.1. The van der Waals surface area contributed by atoms with Crippen molar-refractivity contribution in [2.45, 2.75) is 11.2 Å². The number of rotatable bonds is 4. The third-order valence-electron chi connectivity index (χ3n) is 3.22. The van der Waals surface area contributed by atoms with Crippen molar-refractivity contribution >= 4 is 32.4 Å². The third-order valence-corrected chi connectivity index (χ3v) is 5.29. The van der Waals surface area contributed by atoms with Crippen LogP contribution in [0.1, 0.15) is 0 Å². The van der Waals surface area contributed by atoms with Crippen molar-refractivity contribution in [3.8, 4) is 0 Å². The molecule has 1 aromatic carbocycles. The lowest BCUT2D eigenvalue weighted by Gasteiger charge is -2.31. The van der Waals surface area contributed by atoms with Crippen molar-refractivity contribution in [3.63, 3.8) is 0 Å². The molecule has 3 rings (SSSR count). The van der Waals surface area contributed by atoms with E-state index >= 15 is 0 Å². The van der Waals surface area contributed by atoms with E-state index in [1.807, 2.05) is 4.90 Å². The Morgan fingerprint density at radius 1 is 1.36 bits per heavy atom. The number of hydrogen-bond donors (Lipinski definition) is 2. The summed E-state index contributed by atoms with van der Waals surface area (Å²) in [7, 11) is -3.69. The molecule has 0 amide bonds. The standard InChI is InChI=1S/C12H14FN5O2S2/c13-11-7-18(6-5-14-11)9-1-3-10(4-2-9)22(19,20)17-12-15-8-16-21-12/h1-4,8,11,14H,5-7H2,(H,15,16,17)/t11-/m0/s1. The minimum atomic E-state index is -3.69. The Kier molecular flexibility index (Phi) is 4.23. The fraction of sp³-hybridized carbons (Fsp3) is 0.333. The number of piperazine rings is 1. The quantitative estimate of drug-likeness (QED) is 0.807. The maximum atomic E-state index is 13.3. The number of aromatic nitrogens is 2. The predicted octanol–water partition coefficient (Wildman–Crippen LogP) is 1.04. The Bertz CT molecular complexity index is 720. The van der Waals surface area contributed by atoms with Crippen LogP contribution >= 0.6 is 11.5 Å². The Morgan fingerprint density at radius 2 is 2.14 bits per heavy atom. The van der Waals surface area contributed by atoms with Gasteiger partial charge in [-0.3, -0.25) is 10.0 Å². The van der Waals surface area contributed by atoms with Gasteiger partial charge in [0, 0.05) is 30.3 Å². The number of alkyl halides is 1. The molecule has 7 nitrogen and oxygen atoms in total. The van der Waals surface area contributed by atoms with Crippen LogP contribution in [0.5, 0.6) is 0 Å². The average molecular weight is 343 g/mol. The van der Waals surface area contributed by atoms with Crippen LogP contribution < -0.4 is 14.9 Å². The first-order chi connectivity index (χ1) is 10.5. The Balaban J connectivity index is 1.76. The molecule has 0 radical (unpaired) electrons. The Labute approximate surface area is 131 Å². The second kappa shape index (κ2) is 6.15. The van der Waals surface area contributed by atoms with Gasteiger partial charge in [-0.1, -0.05) is 0 Å². The fourth-order valence-corrected chi connectivity index (χ4v) is 3.83. The van der Waals surface area contributed by atoms with Crippen LogP contribution in [0.3, 0.4) is 0 Å². The highest BCUT2D eigenvalue weighted by Crippen LogP contribution is 2.21. The van der Waals surface area contributed by atoms with E-state index in [0.29, 0.717) is 13.1 Å². The van der Waals surface area contributed by atoms with Crippen LogP contribution in [-0.4, -0.2) is 43.7 Å². The molecule has 2 N–H and O–H groups in total. The van der Waals surface area contributed by atoms with E-state index in [0.717, 1.165) is 17.2 Å². The second-order valence-electron chi connectivity index (χ2n) is 4.71. The highest BCUT2D eigenvalue weighted by atomic mass is 32.2. The summed E-state index contributed by atoms with van der Waals surface area (Å²) in [6, 6.07) is 6.33. The normalized spacial score (nSPS) is 19.1. The van der Waals surface area contributed by atoms with Crippen LogP contribution in [0.15, 0.2) is 35.5 Å². The summed E-state index contributed by atoms with van der Waals surface area (Å²) < 4.78 is 43.8. The number of hydrogen-bond acceptors (Lipinski definition) is 7. The topological polar surface area (TPSA) is 87.2 Å². The van der Waals surface area contributed by atoms with E-state index in [1.54, 1.807) is 12.1 Å². The zero-order chi connectivity index (χ0) is 15.6. The fourth-order valence-electron chi connectivity index (χ4n) is 2.17. The van der Waals surface area contributed by atoms with Crippen molar-refractivity contribution in [1.82, 2.24) is 14.7 Å². The minimum absolute atomic E-state index is 0.124. The molecular weight excluding hydrogens is 329 g/mol. The first-order valence-electron chi connectivity index (χ1n) is 6.56. The largest absolute Gasteiger partial charge is 0.366 e. The van der Waals surface area contributed by atoms with Gasteiger partial charge in [0.05, 0.1) is 11.4 Å². The number of nitrogens with one attached hydrogen (secondary N) is 2.